The van der Waals surface area contributed by atoms with Crippen LogP contribution in [0.4, 0.5) is 0 Å². The van der Waals surface area contributed by atoms with Gasteiger partial charge in [-0.2, -0.15) is 0 Å². The fourth-order valence-corrected chi connectivity index (χ4v) is 3.20. The van der Waals surface area contributed by atoms with Gasteiger partial charge in [-0.05, 0) is 60.8 Å². The van der Waals surface area contributed by atoms with E-state index in [2.05, 4.69) is 34.6 Å². The minimum atomic E-state index is 0.00617. The Morgan fingerprint density at radius 3 is 2.38 bits per heavy atom. The van der Waals surface area contributed by atoms with Crippen molar-refractivity contribution in [1.29, 1.82) is 0 Å². The van der Waals surface area contributed by atoms with E-state index in [0.29, 0.717) is 24.5 Å². The maximum atomic E-state index is 13.3. The molecule has 0 unspecified atom stereocenters. The number of carbonyl (C=O) groups excluding carboxylic acids is 1. The number of amides is 1. The molecule has 1 aromatic carbocycles. The number of ether oxygens (including phenoxy) is 1. The lowest BCUT2D eigenvalue weighted by Gasteiger charge is -2.22. The summed E-state index contributed by atoms with van der Waals surface area (Å²) >= 11 is 0. The number of likely N-dealkylation sites (N-methyl/N-ethyl adjacent to an activating group) is 1. The van der Waals surface area contributed by atoms with Gasteiger partial charge in [-0.25, -0.2) is 0 Å². The molecule has 0 aliphatic carbocycles. The molecule has 0 atom stereocenters. The van der Waals surface area contributed by atoms with Crippen LogP contribution in [-0.2, 0) is 6.54 Å². The molecule has 0 aliphatic heterocycles. The highest BCUT2D eigenvalue weighted by Crippen LogP contribution is 2.35. The SMILES string of the molecule is CCN(CC)C(=O)c1c(OC(C)C)c2cc(C)ccc2n1CCN(C)C. The van der Waals surface area contributed by atoms with Gasteiger partial charge in [0.2, 0.25) is 0 Å². The van der Waals surface area contributed by atoms with Gasteiger partial charge in [0, 0.05) is 31.6 Å². The molecule has 144 valence electrons. The highest BCUT2D eigenvalue weighted by atomic mass is 16.5. The molecule has 0 saturated carbocycles. The van der Waals surface area contributed by atoms with Crippen molar-refractivity contribution in [3.8, 4) is 5.75 Å². The summed E-state index contributed by atoms with van der Waals surface area (Å²) in [4.78, 5) is 17.3. The lowest BCUT2D eigenvalue weighted by molar-refractivity contribution is 0.0755. The van der Waals surface area contributed by atoms with E-state index in [-0.39, 0.29) is 12.0 Å². The quantitative estimate of drug-likeness (QED) is 0.720. The van der Waals surface area contributed by atoms with Gasteiger partial charge in [-0.3, -0.25) is 4.79 Å². The Morgan fingerprint density at radius 1 is 1.19 bits per heavy atom. The van der Waals surface area contributed by atoms with E-state index in [1.165, 1.54) is 0 Å². The molecule has 5 nitrogen and oxygen atoms in total. The van der Waals surface area contributed by atoms with Crippen LogP contribution in [0.15, 0.2) is 18.2 Å². The summed E-state index contributed by atoms with van der Waals surface area (Å²) in [7, 11) is 4.10. The van der Waals surface area contributed by atoms with E-state index in [1.807, 2.05) is 46.7 Å². The molecule has 2 rings (SSSR count). The number of fused-ring (bicyclic) bond motifs is 1. The van der Waals surface area contributed by atoms with Crippen LogP contribution in [-0.4, -0.2) is 60.1 Å². The van der Waals surface area contributed by atoms with E-state index >= 15 is 0 Å². The number of benzene rings is 1. The number of carbonyl (C=O) groups is 1. The largest absolute Gasteiger partial charge is 0.488 e. The normalized spacial score (nSPS) is 11.6. The van der Waals surface area contributed by atoms with Gasteiger partial charge in [0.15, 0.2) is 11.4 Å². The number of hydrogen-bond donors (Lipinski definition) is 0. The Labute approximate surface area is 157 Å². The smallest absolute Gasteiger partial charge is 0.274 e. The second-order valence-electron chi connectivity index (χ2n) is 7.30. The lowest BCUT2D eigenvalue weighted by atomic mass is 10.1. The summed E-state index contributed by atoms with van der Waals surface area (Å²) in [5.74, 6) is 0.757. The summed E-state index contributed by atoms with van der Waals surface area (Å²) in [6.07, 6.45) is 0.00617. The summed E-state index contributed by atoms with van der Waals surface area (Å²) in [5.41, 5.74) is 2.89. The van der Waals surface area contributed by atoms with E-state index in [0.717, 1.165) is 29.6 Å². The summed E-state index contributed by atoms with van der Waals surface area (Å²) in [6, 6.07) is 6.32. The lowest BCUT2D eigenvalue weighted by Crippen LogP contribution is -2.33. The number of aromatic nitrogens is 1. The molecule has 1 aromatic heterocycles. The van der Waals surface area contributed by atoms with Crippen LogP contribution in [0.2, 0.25) is 0 Å². The van der Waals surface area contributed by atoms with Crippen LogP contribution < -0.4 is 4.74 Å². The van der Waals surface area contributed by atoms with Crippen LogP contribution >= 0.6 is 0 Å². The molecule has 0 fully saturated rings. The van der Waals surface area contributed by atoms with Crippen molar-refractivity contribution in [2.45, 2.75) is 47.3 Å². The minimum absolute atomic E-state index is 0.00617. The average Bonchev–Trinajstić information content (AvgIpc) is 2.86. The van der Waals surface area contributed by atoms with Crippen LogP contribution in [0.25, 0.3) is 10.9 Å². The highest BCUT2D eigenvalue weighted by molar-refractivity contribution is 6.04. The molecule has 1 amide bonds. The van der Waals surface area contributed by atoms with Crippen molar-refractivity contribution in [1.82, 2.24) is 14.4 Å². The first kappa shape index (κ1) is 20.3. The summed E-state index contributed by atoms with van der Waals surface area (Å²) in [6.45, 7) is 13.1. The Kier molecular flexibility index (Phi) is 6.70. The topological polar surface area (TPSA) is 37.7 Å². The van der Waals surface area contributed by atoms with Gasteiger partial charge >= 0.3 is 0 Å². The molecule has 0 bridgehead atoms. The summed E-state index contributed by atoms with van der Waals surface area (Å²) in [5, 5.41) is 1.02. The third kappa shape index (κ3) is 4.21. The predicted octanol–water partition coefficient (Wildman–Crippen LogP) is 3.78. The highest BCUT2D eigenvalue weighted by Gasteiger charge is 2.27. The number of nitrogens with zero attached hydrogens (tertiary/aromatic N) is 3. The Bertz CT molecular complexity index is 758. The maximum absolute atomic E-state index is 13.3. The van der Waals surface area contributed by atoms with Crippen molar-refractivity contribution in [3.63, 3.8) is 0 Å². The molecule has 26 heavy (non-hydrogen) atoms. The number of aryl methyl sites for hydroxylation is 1. The van der Waals surface area contributed by atoms with Crippen LogP contribution in [0.1, 0.15) is 43.7 Å². The first-order valence-corrected chi connectivity index (χ1v) is 9.53. The van der Waals surface area contributed by atoms with Gasteiger partial charge in [0.1, 0.15) is 0 Å². The molecule has 0 N–H and O–H groups in total. The Hall–Kier alpha value is -2.01. The van der Waals surface area contributed by atoms with Crippen molar-refractivity contribution < 1.29 is 9.53 Å². The molecule has 0 radical (unpaired) electrons. The van der Waals surface area contributed by atoms with Gasteiger partial charge in [0.05, 0.1) is 11.6 Å². The third-order valence-electron chi connectivity index (χ3n) is 4.55. The van der Waals surface area contributed by atoms with Crippen LogP contribution in [0.3, 0.4) is 0 Å². The Balaban J connectivity index is 2.73. The minimum Gasteiger partial charge on any atom is -0.488 e. The standard InChI is InChI=1S/C21H33N3O2/c1-8-23(9-2)21(25)19-20(26-15(3)4)17-14-16(5)10-11-18(17)24(19)13-12-22(6)7/h10-11,14-15H,8-9,12-13H2,1-7H3. The van der Waals surface area contributed by atoms with E-state index < -0.39 is 0 Å². The molecular formula is C21H33N3O2. The molecule has 2 aromatic rings. The van der Waals surface area contributed by atoms with Gasteiger partial charge in [0.25, 0.3) is 5.91 Å². The number of hydrogen-bond acceptors (Lipinski definition) is 3. The van der Waals surface area contributed by atoms with Crippen LogP contribution in [0, 0.1) is 6.92 Å². The Morgan fingerprint density at radius 2 is 1.85 bits per heavy atom. The molecule has 5 heteroatoms. The molecular weight excluding hydrogens is 326 g/mol. The van der Waals surface area contributed by atoms with Crippen molar-refractivity contribution in [3.05, 3.63) is 29.5 Å². The van der Waals surface area contributed by atoms with Crippen molar-refractivity contribution in [2.24, 2.45) is 0 Å². The van der Waals surface area contributed by atoms with Crippen molar-refractivity contribution in [2.75, 3.05) is 33.7 Å². The zero-order valence-corrected chi connectivity index (χ0v) is 17.3. The van der Waals surface area contributed by atoms with E-state index in [9.17, 15) is 4.79 Å². The second-order valence-corrected chi connectivity index (χ2v) is 7.30. The van der Waals surface area contributed by atoms with Gasteiger partial charge in [-0.15, -0.1) is 0 Å². The fraction of sp³-hybridized carbons (Fsp3) is 0.571. The number of rotatable bonds is 8. The van der Waals surface area contributed by atoms with E-state index in [4.69, 9.17) is 4.74 Å². The van der Waals surface area contributed by atoms with Gasteiger partial charge in [-0.1, -0.05) is 11.6 Å². The van der Waals surface area contributed by atoms with Gasteiger partial charge < -0.3 is 19.1 Å². The van der Waals surface area contributed by atoms with E-state index in [1.54, 1.807) is 0 Å². The molecule has 0 saturated heterocycles. The molecule has 0 aliphatic rings. The predicted molar refractivity (Wildman–Crippen MR) is 108 cm³/mol. The summed E-state index contributed by atoms with van der Waals surface area (Å²) < 4.78 is 8.31. The molecule has 0 spiro atoms. The van der Waals surface area contributed by atoms with Crippen LogP contribution in [0.5, 0.6) is 5.75 Å². The average molecular weight is 360 g/mol. The maximum Gasteiger partial charge on any atom is 0.274 e. The first-order chi connectivity index (χ1) is 12.3. The van der Waals surface area contributed by atoms with Crippen molar-refractivity contribution >= 4 is 16.8 Å². The fourth-order valence-electron chi connectivity index (χ4n) is 3.20. The monoisotopic (exact) mass is 359 g/mol. The zero-order valence-electron chi connectivity index (χ0n) is 17.3. The second kappa shape index (κ2) is 8.58. The first-order valence-electron chi connectivity index (χ1n) is 9.53. The zero-order chi connectivity index (χ0) is 19.4. The third-order valence-corrected chi connectivity index (χ3v) is 4.55. The molecule has 1 heterocycles.